The van der Waals surface area contributed by atoms with E-state index in [0.717, 1.165) is 6.07 Å². The molecule has 17 heavy (non-hydrogen) atoms. The van der Waals surface area contributed by atoms with Crippen LogP contribution in [0.3, 0.4) is 0 Å². The van der Waals surface area contributed by atoms with Gasteiger partial charge in [0.15, 0.2) is 11.6 Å². The van der Waals surface area contributed by atoms with E-state index in [-0.39, 0.29) is 11.5 Å². The maximum absolute atomic E-state index is 12.9. The Hall–Kier alpha value is -2.09. The summed E-state index contributed by atoms with van der Waals surface area (Å²) < 4.78 is 25.7. The van der Waals surface area contributed by atoms with Crippen LogP contribution in [0, 0.1) is 23.5 Å². The topological polar surface area (TPSA) is 49.3 Å². The molecule has 90 valence electrons. The molecule has 2 N–H and O–H groups in total. The molecule has 0 spiro atoms. The first-order valence-corrected chi connectivity index (χ1v) is 4.92. The molecule has 0 fully saturated rings. The molecule has 0 aliphatic rings. The first-order chi connectivity index (χ1) is 8.00. The summed E-state index contributed by atoms with van der Waals surface area (Å²) in [5.74, 6) is 2.34. The van der Waals surface area contributed by atoms with Gasteiger partial charge in [-0.1, -0.05) is 11.8 Å². The predicted molar refractivity (Wildman–Crippen MR) is 58.2 cm³/mol. The fraction of sp³-hybridized carbons (Fsp3) is 0.250. The van der Waals surface area contributed by atoms with Gasteiger partial charge in [-0.3, -0.25) is 4.79 Å². The summed E-state index contributed by atoms with van der Waals surface area (Å²) >= 11 is 0. The lowest BCUT2D eigenvalue weighted by Gasteiger charge is -1.99. The van der Waals surface area contributed by atoms with Crippen LogP contribution in [0.4, 0.5) is 8.78 Å². The van der Waals surface area contributed by atoms with Crippen LogP contribution in [-0.2, 0) is 4.79 Å². The second-order valence-electron chi connectivity index (χ2n) is 3.32. The molecule has 0 atom stereocenters. The number of phenols is 1. The second kappa shape index (κ2) is 5.85. The zero-order valence-electron chi connectivity index (χ0n) is 9.18. The fourth-order valence-corrected chi connectivity index (χ4v) is 1.12. The maximum atomic E-state index is 12.9. The van der Waals surface area contributed by atoms with E-state index < -0.39 is 17.4 Å². The summed E-state index contributed by atoms with van der Waals surface area (Å²) in [5, 5.41) is 11.8. The average molecular weight is 239 g/mol. The van der Waals surface area contributed by atoms with Gasteiger partial charge >= 0.3 is 0 Å². The largest absolute Gasteiger partial charge is 0.504 e. The smallest absolute Gasteiger partial charge is 0.216 e. The zero-order valence-corrected chi connectivity index (χ0v) is 9.18. The van der Waals surface area contributed by atoms with Crippen molar-refractivity contribution >= 4 is 5.91 Å². The summed E-state index contributed by atoms with van der Waals surface area (Å²) in [6.07, 6.45) is 0.331. The minimum atomic E-state index is -1.05. The number of carbonyl (C=O) groups excluding carboxylic acids is 1. The highest BCUT2D eigenvalue weighted by molar-refractivity contribution is 5.72. The quantitative estimate of drug-likeness (QED) is 0.607. The number of amides is 1. The summed E-state index contributed by atoms with van der Waals surface area (Å²) in [6, 6.07) is 1.53. The summed E-state index contributed by atoms with van der Waals surface area (Å²) in [7, 11) is 0. The molecule has 3 nitrogen and oxygen atoms in total. The fourth-order valence-electron chi connectivity index (χ4n) is 1.12. The summed E-state index contributed by atoms with van der Waals surface area (Å²) in [6.45, 7) is 1.72. The minimum absolute atomic E-state index is 0.106. The highest BCUT2D eigenvalue weighted by atomic mass is 19.1. The standard InChI is InChI=1S/C12H11F2NO2/c1-8(16)15-5-3-2-4-9-6-10(13)7-11(14)12(9)17/h6-7,17H,3,5H2,1H3,(H,15,16). The molecule has 1 aromatic carbocycles. The zero-order chi connectivity index (χ0) is 12.8. The number of hydrogen-bond acceptors (Lipinski definition) is 2. The molecule has 0 aromatic heterocycles. The molecule has 1 rings (SSSR count). The van der Waals surface area contributed by atoms with E-state index in [4.69, 9.17) is 0 Å². The Morgan fingerprint density at radius 3 is 2.82 bits per heavy atom. The van der Waals surface area contributed by atoms with Gasteiger partial charge < -0.3 is 10.4 Å². The van der Waals surface area contributed by atoms with Crippen molar-refractivity contribution in [3.63, 3.8) is 0 Å². The number of rotatable bonds is 2. The minimum Gasteiger partial charge on any atom is -0.504 e. The number of halogens is 2. The number of benzene rings is 1. The molecular weight excluding hydrogens is 228 g/mol. The Kier molecular flexibility index (Phi) is 4.46. The SMILES string of the molecule is CC(=O)NCCC#Cc1cc(F)cc(F)c1O. The number of aromatic hydroxyl groups is 1. The molecule has 0 aliphatic heterocycles. The van der Waals surface area contributed by atoms with Gasteiger partial charge in [0.2, 0.25) is 5.91 Å². The van der Waals surface area contributed by atoms with Gasteiger partial charge in [-0.2, -0.15) is 0 Å². The van der Waals surface area contributed by atoms with Gasteiger partial charge in [0.25, 0.3) is 0 Å². The Balaban J connectivity index is 2.68. The van der Waals surface area contributed by atoms with Crippen LogP contribution in [0.1, 0.15) is 18.9 Å². The van der Waals surface area contributed by atoms with Gasteiger partial charge in [-0.15, -0.1) is 0 Å². The lowest BCUT2D eigenvalue weighted by molar-refractivity contribution is -0.118. The molecule has 0 unspecified atom stereocenters. The third kappa shape index (κ3) is 4.11. The predicted octanol–water partition coefficient (Wildman–Crippen LogP) is 1.55. The lowest BCUT2D eigenvalue weighted by Crippen LogP contribution is -2.20. The number of carbonyl (C=O) groups is 1. The average Bonchev–Trinajstić information content (AvgIpc) is 2.23. The molecule has 0 saturated carbocycles. The van der Waals surface area contributed by atoms with Gasteiger partial charge in [-0.25, -0.2) is 8.78 Å². The molecule has 1 amide bonds. The first kappa shape index (κ1) is 13.0. The highest BCUT2D eigenvalue weighted by Crippen LogP contribution is 2.21. The molecule has 0 saturated heterocycles. The number of phenolic OH excluding ortho intramolecular Hbond substituents is 1. The molecule has 5 heteroatoms. The van der Waals surface area contributed by atoms with Crippen molar-refractivity contribution in [3.8, 4) is 17.6 Å². The monoisotopic (exact) mass is 239 g/mol. The highest BCUT2D eigenvalue weighted by Gasteiger charge is 2.07. The van der Waals surface area contributed by atoms with E-state index in [1.807, 2.05) is 0 Å². The summed E-state index contributed by atoms with van der Waals surface area (Å²) in [5.41, 5.74) is -0.106. The molecule has 0 heterocycles. The van der Waals surface area contributed by atoms with E-state index >= 15 is 0 Å². The van der Waals surface area contributed by atoms with Crippen LogP contribution in [0.15, 0.2) is 12.1 Å². The van der Waals surface area contributed by atoms with Crippen LogP contribution in [0.25, 0.3) is 0 Å². The van der Waals surface area contributed by atoms with Crippen molar-refractivity contribution in [1.82, 2.24) is 5.32 Å². The van der Waals surface area contributed by atoms with E-state index in [1.54, 1.807) is 0 Å². The third-order valence-electron chi connectivity index (χ3n) is 1.88. The van der Waals surface area contributed by atoms with Crippen LogP contribution in [-0.4, -0.2) is 17.6 Å². The van der Waals surface area contributed by atoms with Crippen LogP contribution in [0.2, 0.25) is 0 Å². The van der Waals surface area contributed by atoms with E-state index in [1.165, 1.54) is 6.92 Å². The Morgan fingerprint density at radius 2 is 2.18 bits per heavy atom. The van der Waals surface area contributed by atoms with Crippen molar-refractivity contribution in [2.75, 3.05) is 6.54 Å². The van der Waals surface area contributed by atoms with Crippen molar-refractivity contribution in [2.45, 2.75) is 13.3 Å². The Labute approximate surface area is 97.5 Å². The Morgan fingerprint density at radius 1 is 1.47 bits per heavy atom. The normalized spacial score (nSPS) is 9.35. The van der Waals surface area contributed by atoms with E-state index in [0.29, 0.717) is 19.0 Å². The van der Waals surface area contributed by atoms with E-state index in [9.17, 15) is 18.7 Å². The molecule has 0 radical (unpaired) electrons. The molecule has 0 bridgehead atoms. The number of hydrogen-bond donors (Lipinski definition) is 2. The van der Waals surface area contributed by atoms with Crippen molar-refractivity contribution in [1.29, 1.82) is 0 Å². The van der Waals surface area contributed by atoms with Gasteiger partial charge in [-0.05, 0) is 6.07 Å². The van der Waals surface area contributed by atoms with Gasteiger partial charge in [0.1, 0.15) is 5.82 Å². The lowest BCUT2D eigenvalue weighted by atomic mass is 10.2. The summed E-state index contributed by atoms with van der Waals surface area (Å²) in [4.78, 5) is 10.5. The second-order valence-corrected chi connectivity index (χ2v) is 3.32. The van der Waals surface area contributed by atoms with Gasteiger partial charge in [0.05, 0.1) is 5.56 Å². The number of nitrogens with one attached hydrogen (secondary N) is 1. The van der Waals surface area contributed by atoms with Crippen LogP contribution in [0.5, 0.6) is 5.75 Å². The van der Waals surface area contributed by atoms with Crippen molar-refractivity contribution < 1.29 is 18.7 Å². The van der Waals surface area contributed by atoms with Crippen molar-refractivity contribution in [3.05, 3.63) is 29.3 Å². The maximum Gasteiger partial charge on any atom is 0.216 e. The molecule has 0 aliphatic carbocycles. The Bertz CT molecular complexity index is 489. The van der Waals surface area contributed by atoms with Crippen LogP contribution >= 0.6 is 0 Å². The molecule has 1 aromatic rings. The van der Waals surface area contributed by atoms with Crippen molar-refractivity contribution in [2.24, 2.45) is 0 Å². The first-order valence-electron chi connectivity index (χ1n) is 4.92. The van der Waals surface area contributed by atoms with Crippen LogP contribution < -0.4 is 5.32 Å². The molecular formula is C12H11F2NO2. The van der Waals surface area contributed by atoms with Gasteiger partial charge in [0, 0.05) is 26.0 Å². The third-order valence-corrected chi connectivity index (χ3v) is 1.88. The van der Waals surface area contributed by atoms with E-state index in [2.05, 4.69) is 17.2 Å².